The van der Waals surface area contributed by atoms with Crippen LogP contribution in [0.4, 0.5) is 0 Å². The Morgan fingerprint density at radius 3 is 2.72 bits per heavy atom. The third kappa shape index (κ3) is 2.90. The molecule has 0 amide bonds. The van der Waals surface area contributed by atoms with Crippen molar-refractivity contribution in [3.8, 4) is 5.75 Å². The predicted octanol–water partition coefficient (Wildman–Crippen LogP) is 5.55. The quantitative estimate of drug-likeness (QED) is 0.689. The van der Waals surface area contributed by atoms with Crippen LogP contribution in [0, 0.1) is 6.92 Å². The van der Waals surface area contributed by atoms with Gasteiger partial charge in [0.15, 0.2) is 0 Å². The van der Waals surface area contributed by atoms with Crippen molar-refractivity contribution in [2.45, 2.75) is 70.8 Å². The Labute approximate surface area is 148 Å². The largest absolute Gasteiger partial charge is 0.482 e. The van der Waals surface area contributed by atoms with Crippen LogP contribution in [0.2, 0.25) is 0 Å². The summed E-state index contributed by atoms with van der Waals surface area (Å²) in [6, 6.07) is 3.79. The van der Waals surface area contributed by atoms with Crippen LogP contribution in [0.1, 0.15) is 68.6 Å². The van der Waals surface area contributed by atoms with Crippen LogP contribution >= 0.6 is 0 Å². The number of unbranched alkanes of at least 4 members (excludes halogenated alkanes) is 1. The summed E-state index contributed by atoms with van der Waals surface area (Å²) in [6.45, 7) is 4.18. The van der Waals surface area contributed by atoms with Gasteiger partial charge in [-0.05, 0) is 63.2 Å². The van der Waals surface area contributed by atoms with Crippen LogP contribution in [0.25, 0.3) is 17.0 Å². The normalized spacial score (nSPS) is 18.3. The van der Waals surface area contributed by atoms with Crippen LogP contribution in [0.5, 0.6) is 5.75 Å². The van der Waals surface area contributed by atoms with Crippen LogP contribution in [0.3, 0.4) is 0 Å². The molecule has 25 heavy (non-hydrogen) atoms. The molecular weight excluding hydrogens is 312 g/mol. The molecule has 3 heteroatoms. The molecule has 0 radical (unpaired) electrons. The van der Waals surface area contributed by atoms with E-state index >= 15 is 0 Å². The van der Waals surface area contributed by atoms with Gasteiger partial charge in [0.2, 0.25) is 0 Å². The summed E-state index contributed by atoms with van der Waals surface area (Å²) in [6.07, 6.45) is 13.4. The van der Waals surface area contributed by atoms with Crippen molar-refractivity contribution < 1.29 is 9.15 Å². The average molecular weight is 338 g/mol. The van der Waals surface area contributed by atoms with Gasteiger partial charge in [0, 0.05) is 22.6 Å². The van der Waals surface area contributed by atoms with Crippen molar-refractivity contribution in [3.63, 3.8) is 0 Å². The number of fused-ring (bicyclic) bond motifs is 2. The van der Waals surface area contributed by atoms with E-state index in [0.29, 0.717) is 5.58 Å². The van der Waals surface area contributed by atoms with Gasteiger partial charge in [-0.2, -0.15) is 0 Å². The zero-order valence-electron chi connectivity index (χ0n) is 15.2. The molecule has 1 aromatic heterocycles. The summed E-state index contributed by atoms with van der Waals surface area (Å²) in [5.74, 6) is 0.896. The molecule has 0 bridgehead atoms. The average Bonchev–Trinajstić information content (AvgIpc) is 2.62. The number of ether oxygens (including phenoxy) is 1. The van der Waals surface area contributed by atoms with Gasteiger partial charge in [-0.3, -0.25) is 0 Å². The van der Waals surface area contributed by atoms with E-state index in [9.17, 15) is 4.79 Å². The Hall–Kier alpha value is -2.03. The van der Waals surface area contributed by atoms with Gasteiger partial charge >= 0.3 is 5.63 Å². The van der Waals surface area contributed by atoms with E-state index in [1.54, 1.807) is 6.07 Å². The fraction of sp³-hybridized carbons (Fsp3) is 0.500. The highest BCUT2D eigenvalue weighted by atomic mass is 16.5. The summed E-state index contributed by atoms with van der Waals surface area (Å²) in [5.41, 5.74) is 3.42. The van der Waals surface area contributed by atoms with Crippen LogP contribution < -0.4 is 10.4 Å². The zero-order chi connectivity index (χ0) is 17.4. The minimum Gasteiger partial charge on any atom is -0.482 e. The highest BCUT2D eigenvalue weighted by Crippen LogP contribution is 2.43. The Bertz CT molecular complexity index is 882. The molecule has 0 N–H and O–H groups in total. The van der Waals surface area contributed by atoms with E-state index in [0.717, 1.165) is 59.9 Å². The maximum Gasteiger partial charge on any atom is 0.336 e. The van der Waals surface area contributed by atoms with Gasteiger partial charge < -0.3 is 9.15 Å². The van der Waals surface area contributed by atoms with Gasteiger partial charge in [0.25, 0.3) is 0 Å². The maximum absolute atomic E-state index is 12.1. The summed E-state index contributed by atoms with van der Waals surface area (Å²) in [4.78, 5) is 12.1. The van der Waals surface area contributed by atoms with E-state index in [1.807, 2.05) is 6.92 Å². The Kier molecular flexibility index (Phi) is 4.18. The van der Waals surface area contributed by atoms with Crippen molar-refractivity contribution in [3.05, 3.63) is 45.3 Å². The second-order valence-corrected chi connectivity index (χ2v) is 7.55. The molecule has 2 aliphatic rings. The maximum atomic E-state index is 12.1. The number of hydrogen-bond acceptors (Lipinski definition) is 3. The van der Waals surface area contributed by atoms with Crippen LogP contribution in [0.15, 0.2) is 27.4 Å². The fourth-order valence-corrected chi connectivity index (χ4v) is 4.26. The molecule has 1 aromatic carbocycles. The minimum absolute atomic E-state index is 0.163. The van der Waals surface area contributed by atoms with Gasteiger partial charge in [0.1, 0.15) is 16.9 Å². The van der Waals surface area contributed by atoms with Gasteiger partial charge in [-0.25, -0.2) is 4.79 Å². The molecule has 0 atom stereocenters. The van der Waals surface area contributed by atoms with Crippen LogP contribution in [-0.4, -0.2) is 5.60 Å². The lowest BCUT2D eigenvalue weighted by Gasteiger charge is -2.38. The second-order valence-electron chi connectivity index (χ2n) is 7.55. The molecule has 2 aromatic rings. The molecule has 1 spiro atoms. The topological polar surface area (TPSA) is 39.4 Å². The molecule has 1 aliphatic carbocycles. The van der Waals surface area contributed by atoms with E-state index in [4.69, 9.17) is 9.15 Å². The molecule has 1 saturated carbocycles. The highest BCUT2D eigenvalue weighted by molar-refractivity contribution is 5.89. The van der Waals surface area contributed by atoms with Gasteiger partial charge in [-0.15, -0.1) is 0 Å². The lowest BCUT2D eigenvalue weighted by Crippen LogP contribution is -2.37. The Morgan fingerprint density at radius 1 is 1.16 bits per heavy atom. The standard InChI is InChI=1S/C22H26O3/c1-3-4-8-16-14-19(23)24-21-15(2)20-17(13-18(16)21)9-12-22(25-20)10-6-5-7-11-22/h9,12-14H,3-8,10-11H2,1-2H3. The molecule has 2 heterocycles. The number of aryl methyl sites for hydroxylation is 2. The molecular formula is C22H26O3. The number of rotatable bonds is 3. The smallest absolute Gasteiger partial charge is 0.336 e. The van der Waals surface area contributed by atoms with Crippen molar-refractivity contribution in [2.75, 3.05) is 0 Å². The third-order valence-corrected chi connectivity index (χ3v) is 5.70. The monoisotopic (exact) mass is 338 g/mol. The van der Waals surface area contributed by atoms with E-state index in [-0.39, 0.29) is 11.2 Å². The Morgan fingerprint density at radius 2 is 1.96 bits per heavy atom. The first-order chi connectivity index (χ1) is 12.1. The van der Waals surface area contributed by atoms with E-state index < -0.39 is 0 Å². The summed E-state index contributed by atoms with van der Waals surface area (Å²) >= 11 is 0. The summed E-state index contributed by atoms with van der Waals surface area (Å²) < 4.78 is 12.1. The molecule has 1 fully saturated rings. The fourth-order valence-electron chi connectivity index (χ4n) is 4.26. The minimum atomic E-state index is -0.264. The van der Waals surface area contributed by atoms with E-state index in [1.165, 1.54) is 19.3 Å². The SMILES string of the molecule is CCCCc1cc(=O)oc2c(C)c3c(cc12)C=CC1(CCCCC1)O3. The molecule has 3 nitrogen and oxygen atoms in total. The first-order valence-corrected chi connectivity index (χ1v) is 9.60. The summed E-state index contributed by atoms with van der Waals surface area (Å²) in [5, 5.41) is 1.05. The van der Waals surface area contributed by atoms with Crippen molar-refractivity contribution in [1.82, 2.24) is 0 Å². The first-order valence-electron chi connectivity index (χ1n) is 9.60. The molecule has 132 valence electrons. The lowest BCUT2D eigenvalue weighted by molar-refractivity contribution is 0.0745. The molecule has 1 aliphatic heterocycles. The highest BCUT2D eigenvalue weighted by Gasteiger charge is 2.35. The van der Waals surface area contributed by atoms with Crippen molar-refractivity contribution in [1.29, 1.82) is 0 Å². The zero-order valence-corrected chi connectivity index (χ0v) is 15.2. The second kappa shape index (κ2) is 6.36. The third-order valence-electron chi connectivity index (χ3n) is 5.70. The van der Waals surface area contributed by atoms with Crippen molar-refractivity contribution in [2.24, 2.45) is 0 Å². The van der Waals surface area contributed by atoms with Gasteiger partial charge in [-0.1, -0.05) is 25.8 Å². The van der Waals surface area contributed by atoms with Crippen molar-refractivity contribution >= 4 is 17.0 Å². The molecule has 4 rings (SSSR count). The Balaban J connectivity index is 1.85. The van der Waals surface area contributed by atoms with Gasteiger partial charge in [0.05, 0.1) is 0 Å². The molecule has 0 saturated heterocycles. The number of benzene rings is 1. The van der Waals surface area contributed by atoms with Crippen LogP contribution in [-0.2, 0) is 6.42 Å². The molecule has 0 unspecified atom stereocenters. The summed E-state index contributed by atoms with van der Waals surface area (Å²) in [7, 11) is 0. The lowest BCUT2D eigenvalue weighted by atomic mass is 9.82. The number of hydrogen-bond donors (Lipinski definition) is 0. The first kappa shape index (κ1) is 16.4. The predicted molar refractivity (Wildman–Crippen MR) is 101 cm³/mol. The van der Waals surface area contributed by atoms with E-state index in [2.05, 4.69) is 25.1 Å².